The monoisotopic (exact) mass is 199 g/mol. The van der Waals surface area contributed by atoms with Crippen molar-refractivity contribution in [2.24, 2.45) is 0 Å². The summed E-state index contributed by atoms with van der Waals surface area (Å²) in [5.41, 5.74) is 0. The SMILES string of the molecule is CCC1CCCN1CCCCC(=O)O. The molecule has 14 heavy (non-hydrogen) atoms. The van der Waals surface area contributed by atoms with Gasteiger partial charge in [-0.3, -0.25) is 4.79 Å². The third-order valence-corrected chi connectivity index (χ3v) is 3.06. The highest BCUT2D eigenvalue weighted by Gasteiger charge is 2.21. The van der Waals surface area contributed by atoms with Gasteiger partial charge in [0.15, 0.2) is 0 Å². The summed E-state index contributed by atoms with van der Waals surface area (Å²) in [6, 6.07) is 0.764. The maximum atomic E-state index is 10.3. The zero-order chi connectivity index (χ0) is 10.4. The first-order valence-corrected chi connectivity index (χ1v) is 5.70. The zero-order valence-electron chi connectivity index (χ0n) is 9.04. The maximum absolute atomic E-state index is 10.3. The topological polar surface area (TPSA) is 40.5 Å². The summed E-state index contributed by atoms with van der Waals surface area (Å²) in [6.07, 6.45) is 6.06. The van der Waals surface area contributed by atoms with E-state index >= 15 is 0 Å². The normalized spacial score (nSPS) is 22.8. The van der Waals surface area contributed by atoms with Gasteiger partial charge < -0.3 is 10.0 Å². The zero-order valence-corrected chi connectivity index (χ0v) is 9.04. The molecule has 1 unspecified atom stereocenters. The van der Waals surface area contributed by atoms with Gasteiger partial charge in [0.05, 0.1) is 0 Å². The van der Waals surface area contributed by atoms with E-state index in [2.05, 4.69) is 11.8 Å². The first-order chi connectivity index (χ1) is 6.74. The van der Waals surface area contributed by atoms with Crippen molar-refractivity contribution >= 4 is 5.97 Å². The fourth-order valence-corrected chi connectivity index (χ4v) is 2.24. The quantitative estimate of drug-likeness (QED) is 0.666. The number of rotatable bonds is 6. The second-order valence-corrected chi connectivity index (χ2v) is 4.09. The molecular weight excluding hydrogens is 178 g/mol. The highest BCUT2D eigenvalue weighted by molar-refractivity contribution is 5.66. The fourth-order valence-electron chi connectivity index (χ4n) is 2.24. The summed E-state index contributed by atoms with van der Waals surface area (Å²) in [4.78, 5) is 12.8. The Morgan fingerprint density at radius 3 is 2.93 bits per heavy atom. The van der Waals surface area contributed by atoms with Crippen molar-refractivity contribution < 1.29 is 9.90 Å². The number of hydrogen-bond donors (Lipinski definition) is 1. The highest BCUT2D eigenvalue weighted by atomic mass is 16.4. The Morgan fingerprint density at radius 1 is 1.50 bits per heavy atom. The lowest BCUT2D eigenvalue weighted by Gasteiger charge is -2.22. The molecule has 0 amide bonds. The van der Waals surface area contributed by atoms with Gasteiger partial charge in [-0.15, -0.1) is 0 Å². The summed E-state index contributed by atoms with van der Waals surface area (Å²) >= 11 is 0. The summed E-state index contributed by atoms with van der Waals surface area (Å²) in [5.74, 6) is -0.668. The second-order valence-electron chi connectivity index (χ2n) is 4.09. The molecule has 1 N–H and O–H groups in total. The first kappa shape index (κ1) is 11.5. The molecule has 1 aliphatic heterocycles. The molecule has 0 saturated carbocycles. The summed E-state index contributed by atoms with van der Waals surface area (Å²) in [7, 11) is 0. The Morgan fingerprint density at radius 2 is 2.29 bits per heavy atom. The van der Waals surface area contributed by atoms with Gasteiger partial charge in [-0.25, -0.2) is 0 Å². The molecule has 0 aliphatic carbocycles. The number of aliphatic carboxylic acids is 1. The number of nitrogens with zero attached hydrogens (tertiary/aromatic N) is 1. The van der Waals surface area contributed by atoms with Crippen LogP contribution in [0.25, 0.3) is 0 Å². The van der Waals surface area contributed by atoms with Crippen LogP contribution in [0.4, 0.5) is 0 Å². The van der Waals surface area contributed by atoms with Gasteiger partial charge in [0, 0.05) is 12.5 Å². The van der Waals surface area contributed by atoms with Gasteiger partial charge in [-0.2, -0.15) is 0 Å². The van der Waals surface area contributed by atoms with E-state index in [1.165, 1.54) is 25.8 Å². The average Bonchev–Trinajstić information content (AvgIpc) is 2.59. The van der Waals surface area contributed by atoms with Crippen molar-refractivity contribution in [3.05, 3.63) is 0 Å². The van der Waals surface area contributed by atoms with E-state index < -0.39 is 5.97 Å². The van der Waals surface area contributed by atoms with Crippen LogP contribution in [-0.2, 0) is 4.79 Å². The summed E-state index contributed by atoms with van der Waals surface area (Å²) < 4.78 is 0. The molecule has 0 radical (unpaired) electrons. The molecule has 3 heteroatoms. The fraction of sp³-hybridized carbons (Fsp3) is 0.909. The molecule has 1 saturated heterocycles. The van der Waals surface area contributed by atoms with Gasteiger partial charge in [0.2, 0.25) is 0 Å². The summed E-state index contributed by atoms with van der Waals surface area (Å²) in [6.45, 7) is 4.54. The van der Waals surface area contributed by atoms with E-state index in [9.17, 15) is 4.79 Å². The molecule has 1 heterocycles. The van der Waals surface area contributed by atoms with Crippen molar-refractivity contribution in [2.75, 3.05) is 13.1 Å². The number of carboxylic acid groups (broad SMARTS) is 1. The first-order valence-electron chi connectivity index (χ1n) is 5.70. The predicted octanol–water partition coefficient (Wildman–Crippen LogP) is 2.12. The van der Waals surface area contributed by atoms with E-state index in [1.807, 2.05) is 0 Å². The Bertz CT molecular complexity index is 182. The van der Waals surface area contributed by atoms with Crippen molar-refractivity contribution in [1.82, 2.24) is 4.90 Å². The average molecular weight is 199 g/mol. The molecule has 0 aromatic rings. The molecule has 1 rings (SSSR count). The minimum atomic E-state index is -0.668. The highest BCUT2D eigenvalue weighted by Crippen LogP contribution is 2.20. The molecule has 1 aliphatic rings. The van der Waals surface area contributed by atoms with Crippen LogP contribution in [0.5, 0.6) is 0 Å². The van der Waals surface area contributed by atoms with Crippen molar-refractivity contribution in [1.29, 1.82) is 0 Å². The van der Waals surface area contributed by atoms with Crippen LogP contribution in [-0.4, -0.2) is 35.1 Å². The maximum Gasteiger partial charge on any atom is 0.303 e. The molecule has 3 nitrogen and oxygen atoms in total. The Kier molecular flexibility index (Phi) is 4.94. The number of unbranched alkanes of at least 4 members (excludes halogenated alkanes) is 1. The minimum absolute atomic E-state index is 0.324. The van der Waals surface area contributed by atoms with Gasteiger partial charge in [0.25, 0.3) is 0 Å². The largest absolute Gasteiger partial charge is 0.481 e. The minimum Gasteiger partial charge on any atom is -0.481 e. The standard InChI is InChI=1S/C11H21NO2/c1-2-10-6-5-9-12(10)8-4-3-7-11(13)14/h10H,2-9H2,1H3,(H,13,14). The van der Waals surface area contributed by atoms with E-state index in [-0.39, 0.29) is 0 Å². The molecule has 1 fully saturated rings. The van der Waals surface area contributed by atoms with Crippen LogP contribution < -0.4 is 0 Å². The molecule has 82 valence electrons. The van der Waals surface area contributed by atoms with Crippen molar-refractivity contribution in [2.45, 2.75) is 51.5 Å². The third-order valence-electron chi connectivity index (χ3n) is 3.06. The van der Waals surface area contributed by atoms with Crippen LogP contribution >= 0.6 is 0 Å². The van der Waals surface area contributed by atoms with Crippen LogP contribution in [0.3, 0.4) is 0 Å². The molecule has 0 aromatic carbocycles. The number of carbonyl (C=O) groups is 1. The Labute approximate surface area is 86.1 Å². The van der Waals surface area contributed by atoms with Crippen LogP contribution in [0.1, 0.15) is 45.4 Å². The Balaban J connectivity index is 2.08. The van der Waals surface area contributed by atoms with Gasteiger partial charge in [-0.1, -0.05) is 6.92 Å². The molecular formula is C11H21NO2. The van der Waals surface area contributed by atoms with Crippen LogP contribution in [0.2, 0.25) is 0 Å². The predicted molar refractivity (Wildman–Crippen MR) is 56.4 cm³/mol. The summed E-state index contributed by atoms with van der Waals surface area (Å²) in [5, 5.41) is 8.49. The molecule has 0 bridgehead atoms. The van der Waals surface area contributed by atoms with E-state index in [0.29, 0.717) is 6.42 Å². The van der Waals surface area contributed by atoms with Gasteiger partial charge >= 0.3 is 5.97 Å². The molecule has 0 aromatic heterocycles. The number of hydrogen-bond acceptors (Lipinski definition) is 2. The van der Waals surface area contributed by atoms with Crippen LogP contribution in [0.15, 0.2) is 0 Å². The molecule has 1 atom stereocenters. The van der Waals surface area contributed by atoms with Gasteiger partial charge in [-0.05, 0) is 45.2 Å². The number of likely N-dealkylation sites (tertiary alicyclic amines) is 1. The lowest BCUT2D eigenvalue weighted by Crippen LogP contribution is -2.29. The van der Waals surface area contributed by atoms with Gasteiger partial charge in [0.1, 0.15) is 0 Å². The van der Waals surface area contributed by atoms with Crippen molar-refractivity contribution in [3.8, 4) is 0 Å². The van der Waals surface area contributed by atoms with Crippen molar-refractivity contribution in [3.63, 3.8) is 0 Å². The van der Waals surface area contributed by atoms with E-state index in [0.717, 1.165) is 25.4 Å². The van der Waals surface area contributed by atoms with Crippen LogP contribution in [0, 0.1) is 0 Å². The smallest absolute Gasteiger partial charge is 0.303 e. The van der Waals surface area contributed by atoms with E-state index in [1.54, 1.807) is 0 Å². The van der Waals surface area contributed by atoms with E-state index in [4.69, 9.17) is 5.11 Å². The third kappa shape index (κ3) is 3.66. The Hall–Kier alpha value is -0.570. The lowest BCUT2D eigenvalue weighted by atomic mass is 10.1. The number of carboxylic acids is 1. The lowest BCUT2D eigenvalue weighted by molar-refractivity contribution is -0.137. The molecule has 0 spiro atoms. The second kappa shape index (κ2) is 6.02.